The van der Waals surface area contributed by atoms with E-state index in [2.05, 4.69) is 30.5 Å². The van der Waals surface area contributed by atoms with E-state index in [4.69, 9.17) is 5.73 Å². The van der Waals surface area contributed by atoms with E-state index in [1.54, 1.807) is 17.5 Å². The summed E-state index contributed by atoms with van der Waals surface area (Å²) in [7, 11) is 0. The molecule has 0 saturated heterocycles. The highest BCUT2D eigenvalue weighted by molar-refractivity contribution is 7.16. The number of nitrogen functional groups attached to an aromatic ring is 1. The molecule has 0 saturated carbocycles. The van der Waals surface area contributed by atoms with Crippen molar-refractivity contribution < 1.29 is 0 Å². The maximum atomic E-state index is 5.69. The standard InChI is InChI=1S/C12H9N7S/c13-12-17-10(7-4-15-19-11(7)18-12)16-6-1-2-8-9(3-6)20-5-14-8/h1-5H,(H4,13,15,16,17,18,19). The van der Waals surface area contributed by atoms with Gasteiger partial charge in [-0.15, -0.1) is 11.3 Å². The van der Waals surface area contributed by atoms with Crippen LogP contribution in [0.3, 0.4) is 0 Å². The number of benzene rings is 1. The molecule has 3 heterocycles. The summed E-state index contributed by atoms with van der Waals surface area (Å²) in [5.41, 5.74) is 10.0. The second-order valence-electron chi connectivity index (χ2n) is 4.22. The average molecular weight is 283 g/mol. The predicted octanol–water partition coefficient (Wildman–Crippen LogP) is 2.29. The molecule has 0 aliphatic rings. The molecule has 0 aliphatic carbocycles. The molecule has 0 unspecified atom stereocenters. The van der Waals surface area contributed by atoms with Gasteiger partial charge in [0.05, 0.1) is 27.3 Å². The van der Waals surface area contributed by atoms with Crippen LogP contribution in [0.2, 0.25) is 0 Å². The van der Waals surface area contributed by atoms with Crippen LogP contribution >= 0.6 is 11.3 Å². The van der Waals surface area contributed by atoms with Crippen LogP contribution in [0.25, 0.3) is 21.3 Å². The van der Waals surface area contributed by atoms with Gasteiger partial charge in [0.25, 0.3) is 0 Å². The third-order valence-electron chi connectivity index (χ3n) is 2.92. The molecule has 0 bridgehead atoms. The molecule has 0 fully saturated rings. The van der Waals surface area contributed by atoms with E-state index in [1.807, 2.05) is 23.7 Å². The van der Waals surface area contributed by atoms with Gasteiger partial charge in [0.2, 0.25) is 5.95 Å². The van der Waals surface area contributed by atoms with Crippen LogP contribution in [0.5, 0.6) is 0 Å². The fraction of sp³-hybridized carbons (Fsp3) is 0. The Hall–Kier alpha value is -2.74. The Morgan fingerprint density at radius 2 is 2.20 bits per heavy atom. The zero-order chi connectivity index (χ0) is 13.5. The number of thiazole rings is 1. The van der Waals surface area contributed by atoms with Gasteiger partial charge in [-0.05, 0) is 18.2 Å². The Labute approximate surface area is 116 Å². The molecule has 0 aliphatic heterocycles. The first-order valence-corrected chi connectivity index (χ1v) is 6.74. The van der Waals surface area contributed by atoms with Crippen LogP contribution < -0.4 is 11.1 Å². The Morgan fingerprint density at radius 3 is 3.15 bits per heavy atom. The van der Waals surface area contributed by atoms with E-state index >= 15 is 0 Å². The van der Waals surface area contributed by atoms with Crippen LogP contribution in [0.15, 0.2) is 29.9 Å². The van der Waals surface area contributed by atoms with Gasteiger partial charge >= 0.3 is 0 Å². The normalized spacial score (nSPS) is 11.2. The highest BCUT2D eigenvalue weighted by Gasteiger charge is 2.08. The molecule has 0 atom stereocenters. The first-order valence-electron chi connectivity index (χ1n) is 5.86. The monoisotopic (exact) mass is 283 g/mol. The van der Waals surface area contributed by atoms with Crippen molar-refractivity contribution in [1.82, 2.24) is 25.1 Å². The van der Waals surface area contributed by atoms with Gasteiger partial charge in [0.1, 0.15) is 5.82 Å². The van der Waals surface area contributed by atoms with Gasteiger partial charge in [0, 0.05) is 5.69 Å². The smallest absolute Gasteiger partial charge is 0.224 e. The molecule has 0 radical (unpaired) electrons. The summed E-state index contributed by atoms with van der Waals surface area (Å²) in [6, 6.07) is 5.94. The third kappa shape index (κ3) is 1.74. The number of aromatic nitrogens is 5. The van der Waals surface area contributed by atoms with E-state index in [1.165, 1.54) is 0 Å². The maximum absolute atomic E-state index is 5.69. The minimum Gasteiger partial charge on any atom is -0.368 e. The van der Waals surface area contributed by atoms with Crippen LogP contribution in [0, 0.1) is 0 Å². The first kappa shape index (κ1) is 11.1. The number of nitrogens with one attached hydrogen (secondary N) is 2. The minimum absolute atomic E-state index is 0.197. The molecular weight excluding hydrogens is 274 g/mol. The van der Waals surface area contributed by atoms with Gasteiger partial charge in [-0.1, -0.05) is 0 Å². The van der Waals surface area contributed by atoms with Gasteiger partial charge in [-0.25, -0.2) is 4.98 Å². The number of H-pyrrole nitrogens is 1. The Morgan fingerprint density at radius 1 is 1.25 bits per heavy atom. The number of nitrogens with zero attached hydrogens (tertiary/aromatic N) is 4. The highest BCUT2D eigenvalue weighted by Crippen LogP contribution is 2.26. The number of rotatable bonds is 2. The van der Waals surface area contributed by atoms with Crippen molar-refractivity contribution in [2.45, 2.75) is 0 Å². The van der Waals surface area contributed by atoms with Gasteiger partial charge in [-0.2, -0.15) is 15.1 Å². The molecule has 98 valence electrons. The largest absolute Gasteiger partial charge is 0.368 e. The number of hydrogen-bond donors (Lipinski definition) is 3. The van der Waals surface area contributed by atoms with Crippen LogP contribution in [0.4, 0.5) is 17.5 Å². The zero-order valence-electron chi connectivity index (χ0n) is 10.2. The molecule has 7 nitrogen and oxygen atoms in total. The summed E-state index contributed by atoms with van der Waals surface area (Å²) in [4.78, 5) is 12.6. The first-order chi connectivity index (χ1) is 9.79. The van der Waals surface area contributed by atoms with E-state index in [-0.39, 0.29) is 5.95 Å². The van der Waals surface area contributed by atoms with Crippen molar-refractivity contribution in [3.63, 3.8) is 0 Å². The Balaban J connectivity index is 1.81. The molecule has 4 aromatic rings. The van der Waals surface area contributed by atoms with Crippen LogP contribution in [-0.4, -0.2) is 25.1 Å². The van der Waals surface area contributed by atoms with Gasteiger partial charge < -0.3 is 11.1 Å². The lowest BCUT2D eigenvalue weighted by molar-refractivity contribution is 1.09. The fourth-order valence-electron chi connectivity index (χ4n) is 2.02. The molecule has 4 N–H and O–H groups in total. The summed E-state index contributed by atoms with van der Waals surface area (Å²) in [5, 5.41) is 10.8. The van der Waals surface area contributed by atoms with E-state index in [0.717, 1.165) is 21.3 Å². The van der Waals surface area contributed by atoms with Crippen LogP contribution in [-0.2, 0) is 0 Å². The molecule has 8 heteroatoms. The third-order valence-corrected chi connectivity index (χ3v) is 3.71. The zero-order valence-corrected chi connectivity index (χ0v) is 11.0. The lowest BCUT2D eigenvalue weighted by Gasteiger charge is -2.06. The maximum Gasteiger partial charge on any atom is 0.224 e. The van der Waals surface area contributed by atoms with Crippen molar-refractivity contribution in [1.29, 1.82) is 0 Å². The van der Waals surface area contributed by atoms with Gasteiger partial charge in [0.15, 0.2) is 5.65 Å². The van der Waals surface area contributed by atoms with Crippen molar-refractivity contribution in [2.24, 2.45) is 0 Å². The summed E-state index contributed by atoms with van der Waals surface area (Å²) in [6.07, 6.45) is 1.67. The molecular formula is C12H9N7S. The van der Waals surface area contributed by atoms with Crippen LogP contribution in [0.1, 0.15) is 0 Å². The summed E-state index contributed by atoms with van der Waals surface area (Å²) in [5.74, 6) is 0.827. The van der Waals surface area contributed by atoms with Crippen molar-refractivity contribution in [3.8, 4) is 0 Å². The number of hydrogen-bond acceptors (Lipinski definition) is 7. The fourth-order valence-corrected chi connectivity index (χ4v) is 2.73. The second kappa shape index (κ2) is 4.14. The molecule has 4 rings (SSSR count). The predicted molar refractivity (Wildman–Crippen MR) is 79.0 cm³/mol. The number of aromatic amines is 1. The van der Waals surface area contributed by atoms with E-state index in [0.29, 0.717) is 11.5 Å². The quantitative estimate of drug-likeness (QED) is 0.521. The topological polar surface area (TPSA) is 105 Å². The highest BCUT2D eigenvalue weighted by atomic mass is 32.1. The molecule has 0 spiro atoms. The average Bonchev–Trinajstić information content (AvgIpc) is 3.05. The number of nitrogens with two attached hydrogens (primary N) is 1. The molecule has 3 aromatic heterocycles. The SMILES string of the molecule is Nc1nc(Nc2ccc3ncsc3c2)c2cn[nH]c2n1. The van der Waals surface area contributed by atoms with Crippen molar-refractivity contribution >= 4 is 50.0 Å². The molecule has 20 heavy (non-hydrogen) atoms. The number of anilines is 3. The molecule has 0 amide bonds. The summed E-state index contributed by atoms with van der Waals surface area (Å²) < 4.78 is 1.11. The van der Waals surface area contributed by atoms with Crippen molar-refractivity contribution in [2.75, 3.05) is 11.1 Å². The second-order valence-corrected chi connectivity index (χ2v) is 5.11. The molecule has 1 aromatic carbocycles. The summed E-state index contributed by atoms with van der Waals surface area (Å²) >= 11 is 1.59. The Bertz CT molecular complexity index is 910. The Kier molecular flexibility index (Phi) is 2.30. The van der Waals surface area contributed by atoms with Gasteiger partial charge in [-0.3, -0.25) is 5.10 Å². The lowest BCUT2D eigenvalue weighted by Crippen LogP contribution is -2.00. The van der Waals surface area contributed by atoms with E-state index < -0.39 is 0 Å². The van der Waals surface area contributed by atoms with E-state index in [9.17, 15) is 0 Å². The minimum atomic E-state index is 0.197. The van der Waals surface area contributed by atoms with Crippen molar-refractivity contribution in [3.05, 3.63) is 29.9 Å². The summed E-state index contributed by atoms with van der Waals surface area (Å²) in [6.45, 7) is 0. The lowest BCUT2D eigenvalue weighted by atomic mass is 10.3. The number of fused-ring (bicyclic) bond motifs is 2.